The second-order valence-electron chi connectivity index (χ2n) is 11.7. The van der Waals surface area contributed by atoms with Gasteiger partial charge in [-0.1, -0.05) is 23.4 Å². The highest BCUT2D eigenvalue weighted by Crippen LogP contribution is 2.32. The van der Waals surface area contributed by atoms with Crippen LogP contribution in [0.15, 0.2) is 60.9 Å². The Balaban J connectivity index is 1.57. The number of aryl methyl sites for hydroxylation is 1. The van der Waals surface area contributed by atoms with Crippen molar-refractivity contribution in [2.45, 2.75) is 45.3 Å². The number of carbonyl (C=O) groups is 3. The Labute approximate surface area is 254 Å². The number of hydrogen-bond acceptors (Lipinski definition) is 7. The first kappa shape index (κ1) is 30.3. The van der Waals surface area contributed by atoms with Crippen molar-refractivity contribution in [2.24, 2.45) is 12.8 Å². The molecule has 2 aromatic carbocycles. The van der Waals surface area contributed by atoms with Crippen LogP contribution < -0.4 is 10.6 Å². The Bertz CT molecular complexity index is 1760. The van der Waals surface area contributed by atoms with Gasteiger partial charge in [0.1, 0.15) is 22.9 Å². The van der Waals surface area contributed by atoms with Crippen LogP contribution in [0, 0.1) is 5.82 Å². The van der Waals surface area contributed by atoms with Gasteiger partial charge in [-0.05, 0) is 74.9 Å². The topological polar surface area (TPSA) is 137 Å². The zero-order valence-corrected chi connectivity index (χ0v) is 25.0. The number of fused-ring (bicyclic) bond motifs is 1. The number of rotatable bonds is 6. The molecule has 2 N–H and O–H groups in total. The Morgan fingerprint density at radius 1 is 1.14 bits per heavy atom. The van der Waals surface area contributed by atoms with Gasteiger partial charge in [-0.15, -0.1) is 5.10 Å². The van der Waals surface area contributed by atoms with Crippen molar-refractivity contribution in [1.29, 1.82) is 0 Å². The molecule has 0 aliphatic carbocycles. The maximum atomic E-state index is 15.7. The molecule has 0 radical (unpaired) electrons. The van der Waals surface area contributed by atoms with Gasteiger partial charge < -0.3 is 15.4 Å². The van der Waals surface area contributed by atoms with Crippen molar-refractivity contribution in [2.75, 3.05) is 18.0 Å². The maximum absolute atomic E-state index is 15.7. The highest BCUT2D eigenvalue weighted by atomic mass is 19.1. The molecule has 44 heavy (non-hydrogen) atoms. The largest absolute Gasteiger partial charge is 0.444 e. The molecule has 12 heteroatoms. The van der Waals surface area contributed by atoms with Gasteiger partial charge in [0, 0.05) is 43.4 Å². The number of anilines is 1. The molecule has 1 aliphatic heterocycles. The number of benzene rings is 2. The summed E-state index contributed by atoms with van der Waals surface area (Å²) in [5.41, 5.74) is 6.10. The summed E-state index contributed by atoms with van der Waals surface area (Å²) in [6.07, 6.45) is 6.77. The lowest BCUT2D eigenvalue weighted by atomic mass is 10.0. The number of carbonyl (C=O) groups excluding carboxylic acids is 3. The van der Waals surface area contributed by atoms with Gasteiger partial charge >= 0.3 is 6.09 Å². The first-order valence-corrected chi connectivity index (χ1v) is 14.2. The number of primary amides is 1. The monoisotopic (exact) mass is 599 g/mol. The van der Waals surface area contributed by atoms with Crippen LogP contribution in [0.5, 0.6) is 0 Å². The molecule has 1 fully saturated rings. The SMILES string of the molecule is Cn1cc(-c2ccc(C(=O)N(c3nccc4cc(/C=C/C(N)=O)ccc34)[C@@H]3CCCN(C(=O)OC(C)(C)C)C3)c(F)c2)nn1. The molecule has 5 rings (SSSR count). The van der Waals surface area contributed by atoms with Crippen LogP contribution >= 0.6 is 0 Å². The summed E-state index contributed by atoms with van der Waals surface area (Å²) in [7, 11) is 1.71. The average Bonchev–Trinajstić information content (AvgIpc) is 3.41. The fourth-order valence-electron chi connectivity index (χ4n) is 5.20. The normalized spacial score (nSPS) is 15.5. The fourth-order valence-corrected chi connectivity index (χ4v) is 5.20. The Morgan fingerprint density at radius 2 is 1.93 bits per heavy atom. The zero-order chi connectivity index (χ0) is 31.6. The van der Waals surface area contributed by atoms with Crippen molar-refractivity contribution >= 4 is 40.6 Å². The van der Waals surface area contributed by atoms with E-state index < -0.39 is 35.4 Å². The number of likely N-dealkylation sites (tertiary alicyclic amines) is 1. The third-order valence-corrected chi connectivity index (χ3v) is 7.17. The number of piperidine rings is 1. The van der Waals surface area contributed by atoms with Crippen molar-refractivity contribution in [3.8, 4) is 11.3 Å². The van der Waals surface area contributed by atoms with Crippen LogP contribution in [-0.4, -0.2) is 67.5 Å². The second kappa shape index (κ2) is 12.2. The van der Waals surface area contributed by atoms with E-state index in [4.69, 9.17) is 10.5 Å². The van der Waals surface area contributed by atoms with Crippen molar-refractivity contribution in [3.05, 3.63) is 77.9 Å². The molecule has 1 aliphatic rings. The van der Waals surface area contributed by atoms with Crippen molar-refractivity contribution < 1.29 is 23.5 Å². The van der Waals surface area contributed by atoms with E-state index in [-0.39, 0.29) is 12.1 Å². The van der Waals surface area contributed by atoms with E-state index >= 15 is 4.39 Å². The van der Waals surface area contributed by atoms with Crippen LogP contribution in [0.4, 0.5) is 15.0 Å². The van der Waals surface area contributed by atoms with Gasteiger partial charge in [-0.2, -0.15) is 0 Å². The van der Waals surface area contributed by atoms with Crippen LogP contribution in [-0.2, 0) is 16.6 Å². The molecule has 11 nitrogen and oxygen atoms in total. The number of ether oxygens (including phenoxy) is 1. The van der Waals surface area contributed by atoms with Crippen LogP contribution in [0.3, 0.4) is 0 Å². The van der Waals surface area contributed by atoms with Crippen molar-refractivity contribution in [1.82, 2.24) is 24.9 Å². The van der Waals surface area contributed by atoms with E-state index in [0.717, 1.165) is 10.9 Å². The predicted octanol–water partition coefficient (Wildman–Crippen LogP) is 4.71. The summed E-state index contributed by atoms with van der Waals surface area (Å²) in [6, 6.07) is 11.0. The highest BCUT2D eigenvalue weighted by Gasteiger charge is 2.36. The van der Waals surface area contributed by atoms with Crippen molar-refractivity contribution in [3.63, 3.8) is 0 Å². The second-order valence-corrected chi connectivity index (χ2v) is 11.7. The molecular weight excluding hydrogens is 565 g/mol. The Hall–Kier alpha value is -5.13. The summed E-state index contributed by atoms with van der Waals surface area (Å²) >= 11 is 0. The van der Waals surface area contributed by atoms with Crippen LogP contribution in [0.1, 0.15) is 49.5 Å². The number of nitrogens with zero attached hydrogens (tertiary/aromatic N) is 6. The third kappa shape index (κ3) is 6.74. The lowest BCUT2D eigenvalue weighted by molar-refractivity contribution is -0.113. The van der Waals surface area contributed by atoms with Crippen LogP contribution in [0.25, 0.3) is 28.1 Å². The summed E-state index contributed by atoms with van der Waals surface area (Å²) < 4.78 is 22.8. The smallest absolute Gasteiger partial charge is 0.410 e. The van der Waals surface area contributed by atoms with E-state index in [1.54, 1.807) is 75.5 Å². The molecule has 1 atom stereocenters. The number of amides is 3. The van der Waals surface area contributed by atoms with Gasteiger partial charge in [-0.25, -0.2) is 14.2 Å². The molecule has 0 spiro atoms. The number of nitrogens with two attached hydrogens (primary N) is 1. The first-order valence-electron chi connectivity index (χ1n) is 14.2. The van der Waals surface area contributed by atoms with Gasteiger partial charge in [0.2, 0.25) is 5.91 Å². The fraction of sp³-hybridized carbons (Fsp3) is 0.312. The molecule has 3 heterocycles. The number of pyridine rings is 1. The van der Waals surface area contributed by atoms with Gasteiger partial charge in [0.05, 0.1) is 17.8 Å². The maximum Gasteiger partial charge on any atom is 0.410 e. The van der Waals surface area contributed by atoms with E-state index in [1.165, 1.54) is 27.8 Å². The minimum Gasteiger partial charge on any atom is -0.444 e. The van der Waals surface area contributed by atoms with E-state index in [9.17, 15) is 14.4 Å². The molecule has 0 saturated carbocycles. The van der Waals surface area contributed by atoms with Gasteiger partial charge in [-0.3, -0.25) is 19.2 Å². The number of halogens is 1. The molecular formula is C32H34FN7O4. The summed E-state index contributed by atoms with van der Waals surface area (Å²) in [4.78, 5) is 46.3. The lowest BCUT2D eigenvalue weighted by Crippen LogP contribution is -2.53. The quantitative estimate of drug-likeness (QED) is 0.317. The molecule has 3 amide bonds. The molecule has 4 aromatic rings. The van der Waals surface area contributed by atoms with Crippen LogP contribution in [0.2, 0.25) is 0 Å². The van der Waals surface area contributed by atoms with Gasteiger partial charge in [0.15, 0.2) is 0 Å². The van der Waals surface area contributed by atoms with E-state index in [0.29, 0.717) is 41.8 Å². The summed E-state index contributed by atoms with van der Waals surface area (Å²) in [5.74, 6) is -1.56. The van der Waals surface area contributed by atoms with E-state index in [1.807, 2.05) is 6.07 Å². The standard InChI is InChI=1S/C32H34FN7O4/c1-32(2,3)44-31(43)39-15-5-6-23(18-39)40(29-24-10-7-20(8-12-28(34)41)16-21(24)13-14-35-29)30(42)25-11-9-22(17-26(25)33)27-19-38(4)37-36-27/h7-14,16-17,19,23H,5-6,15,18H2,1-4H3,(H2,34,41)/b12-8+/t23-/m1/s1. The zero-order valence-electron chi connectivity index (χ0n) is 25.0. The first-order chi connectivity index (χ1) is 20.9. The molecule has 228 valence electrons. The highest BCUT2D eigenvalue weighted by molar-refractivity contribution is 6.10. The molecule has 1 saturated heterocycles. The summed E-state index contributed by atoms with van der Waals surface area (Å²) in [5, 5.41) is 9.32. The summed E-state index contributed by atoms with van der Waals surface area (Å²) in [6.45, 7) is 6.03. The lowest BCUT2D eigenvalue weighted by Gasteiger charge is -2.39. The number of hydrogen-bond donors (Lipinski definition) is 1. The molecule has 0 unspecified atom stereocenters. The number of aromatic nitrogens is 4. The third-order valence-electron chi connectivity index (χ3n) is 7.17. The Morgan fingerprint density at radius 3 is 2.61 bits per heavy atom. The van der Waals surface area contributed by atoms with E-state index in [2.05, 4.69) is 15.3 Å². The average molecular weight is 600 g/mol. The minimum absolute atomic E-state index is 0.146. The molecule has 2 aromatic heterocycles. The minimum atomic E-state index is -0.720. The van der Waals surface area contributed by atoms with Gasteiger partial charge in [0.25, 0.3) is 5.91 Å². The predicted molar refractivity (Wildman–Crippen MR) is 164 cm³/mol. The molecule has 0 bridgehead atoms. The Kier molecular flexibility index (Phi) is 8.43.